The maximum atomic E-state index is 12.5. The zero-order valence-electron chi connectivity index (χ0n) is 18.5. The Kier molecular flexibility index (Phi) is 8.90. The van der Waals surface area contributed by atoms with E-state index in [1.165, 1.54) is 18.3 Å². The van der Waals surface area contributed by atoms with Crippen molar-refractivity contribution < 1.29 is 23.8 Å². The van der Waals surface area contributed by atoms with Crippen LogP contribution in [0, 0.1) is 6.92 Å². The van der Waals surface area contributed by atoms with E-state index in [9.17, 15) is 9.59 Å². The van der Waals surface area contributed by atoms with E-state index < -0.39 is 11.9 Å². The molecule has 0 aliphatic heterocycles. The number of benzene rings is 3. The third-order valence-corrected chi connectivity index (χ3v) is 5.02. The molecule has 3 rings (SSSR count). The van der Waals surface area contributed by atoms with Gasteiger partial charge in [-0.05, 0) is 67.4 Å². The van der Waals surface area contributed by atoms with Gasteiger partial charge in [-0.15, -0.1) is 0 Å². The smallest absolute Gasteiger partial charge is 0.345 e. The summed E-state index contributed by atoms with van der Waals surface area (Å²) < 4.78 is 16.5. The second kappa shape index (κ2) is 12.1. The molecule has 1 N–H and O–H groups in total. The van der Waals surface area contributed by atoms with E-state index in [-0.39, 0.29) is 22.9 Å². The lowest BCUT2D eigenvalue weighted by atomic mass is 10.2. The highest BCUT2D eigenvalue weighted by atomic mass is 35.5. The highest BCUT2D eigenvalue weighted by Gasteiger charge is 2.16. The summed E-state index contributed by atoms with van der Waals surface area (Å²) in [6, 6.07) is 16.8. The molecular weight excluding hydrogens is 479 g/mol. The number of carbonyl (C=O) groups is 2. The summed E-state index contributed by atoms with van der Waals surface area (Å²) in [6.45, 7) is 3.87. The lowest BCUT2D eigenvalue weighted by molar-refractivity contribution is -0.123. The van der Waals surface area contributed by atoms with Gasteiger partial charge in [0.1, 0.15) is 5.75 Å². The van der Waals surface area contributed by atoms with Crippen molar-refractivity contribution >= 4 is 41.3 Å². The highest BCUT2D eigenvalue weighted by Crippen LogP contribution is 2.30. The summed E-state index contributed by atoms with van der Waals surface area (Å²) in [6.07, 6.45) is 1.44. The minimum absolute atomic E-state index is 0.172. The van der Waals surface area contributed by atoms with Gasteiger partial charge in [0.15, 0.2) is 18.1 Å². The first kappa shape index (κ1) is 25.1. The number of amides is 1. The summed E-state index contributed by atoms with van der Waals surface area (Å²) in [7, 11) is 0. The Balaban J connectivity index is 1.62. The maximum absolute atomic E-state index is 12.5. The predicted octanol–water partition coefficient (Wildman–Crippen LogP) is 5.45. The minimum Gasteiger partial charge on any atom is -0.490 e. The fourth-order valence-electron chi connectivity index (χ4n) is 2.84. The van der Waals surface area contributed by atoms with Gasteiger partial charge < -0.3 is 14.2 Å². The third kappa shape index (κ3) is 6.97. The van der Waals surface area contributed by atoms with E-state index in [0.717, 1.165) is 5.56 Å². The van der Waals surface area contributed by atoms with Gasteiger partial charge in [-0.1, -0.05) is 41.4 Å². The van der Waals surface area contributed by atoms with Crippen LogP contribution in [0.5, 0.6) is 17.2 Å². The fraction of sp³-hybridized carbons (Fsp3) is 0.160. The molecule has 34 heavy (non-hydrogen) atoms. The van der Waals surface area contributed by atoms with Gasteiger partial charge in [-0.2, -0.15) is 5.10 Å². The first-order valence-electron chi connectivity index (χ1n) is 10.3. The molecule has 0 aliphatic rings. The molecule has 176 valence electrons. The number of esters is 1. The van der Waals surface area contributed by atoms with Gasteiger partial charge >= 0.3 is 5.97 Å². The maximum Gasteiger partial charge on any atom is 0.345 e. The lowest BCUT2D eigenvalue weighted by Gasteiger charge is -2.12. The molecule has 0 unspecified atom stereocenters. The zero-order valence-corrected chi connectivity index (χ0v) is 20.0. The molecule has 9 heteroatoms. The number of para-hydroxylation sites is 1. The third-order valence-electron chi connectivity index (χ3n) is 4.48. The van der Waals surface area contributed by atoms with Gasteiger partial charge in [0.25, 0.3) is 5.91 Å². The van der Waals surface area contributed by atoms with Crippen molar-refractivity contribution in [2.24, 2.45) is 5.10 Å². The molecule has 7 nitrogen and oxygen atoms in total. The Labute approximate surface area is 207 Å². The number of rotatable bonds is 9. The van der Waals surface area contributed by atoms with E-state index in [4.69, 9.17) is 37.4 Å². The van der Waals surface area contributed by atoms with Crippen molar-refractivity contribution in [2.45, 2.75) is 13.8 Å². The molecule has 1 amide bonds. The molecule has 0 saturated heterocycles. The largest absolute Gasteiger partial charge is 0.490 e. The molecule has 0 aliphatic carbocycles. The number of hydrazone groups is 1. The van der Waals surface area contributed by atoms with Crippen molar-refractivity contribution in [2.75, 3.05) is 13.2 Å². The molecule has 0 aromatic heterocycles. The second-order valence-corrected chi connectivity index (χ2v) is 7.84. The van der Waals surface area contributed by atoms with Crippen molar-refractivity contribution in [3.63, 3.8) is 0 Å². The molecule has 0 radical (unpaired) electrons. The number of nitrogens with one attached hydrogen (secondary N) is 1. The standard InChI is InChI=1S/C25H22Cl2N2O5/c1-3-32-23-12-17(14-28-29-24(30)15-33-21-7-5-4-6-16(21)2)8-11-22(23)34-25(31)19-10-9-18(26)13-20(19)27/h4-14H,3,15H2,1-2H3,(H,29,30)/b28-14+. The molecule has 0 saturated carbocycles. The molecule has 0 atom stereocenters. The molecule has 0 bridgehead atoms. The van der Waals surface area contributed by atoms with Crippen molar-refractivity contribution in [1.82, 2.24) is 5.43 Å². The Bertz CT molecular complexity index is 1210. The fourth-order valence-corrected chi connectivity index (χ4v) is 3.33. The topological polar surface area (TPSA) is 86.2 Å². The summed E-state index contributed by atoms with van der Waals surface area (Å²) in [4.78, 5) is 24.5. The van der Waals surface area contributed by atoms with Gasteiger partial charge in [-0.3, -0.25) is 4.79 Å². The number of nitrogens with zero attached hydrogens (tertiary/aromatic N) is 1. The van der Waals surface area contributed by atoms with E-state index in [1.54, 1.807) is 37.3 Å². The first-order chi connectivity index (χ1) is 16.4. The van der Waals surface area contributed by atoms with Crippen LogP contribution in [0.2, 0.25) is 10.0 Å². The average Bonchev–Trinajstić information content (AvgIpc) is 2.80. The van der Waals surface area contributed by atoms with Crippen LogP contribution in [0.25, 0.3) is 0 Å². The monoisotopic (exact) mass is 500 g/mol. The average molecular weight is 501 g/mol. The SMILES string of the molecule is CCOc1cc(/C=N/NC(=O)COc2ccccc2C)ccc1OC(=O)c1ccc(Cl)cc1Cl. The minimum atomic E-state index is -0.648. The number of ether oxygens (including phenoxy) is 3. The highest BCUT2D eigenvalue weighted by molar-refractivity contribution is 6.36. The van der Waals surface area contributed by atoms with E-state index in [1.807, 2.05) is 25.1 Å². The summed E-state index contributed by atoms with van der Waals surface area (Å²) in [5.41, 5.74) is 4.13. The van der Waals surface area contributed by atoms with Gasteiger partial charge in [-0.25, -0.2) is 10.2 Å². The molecule has 0 spiro atoms. The van der Waals surface area contributed by atoms with Gasteiger partial charge in [0.2, 0.25) is 0 Å². The molecule has 0 heterocycles. The molecule has 3 aromatic rings. The first-order valence-corrected chi connectivity index (χ1v) is 11.1. The van der Waals surface area contributed by atoms with Crippen LogP contribution in [0.3, 0.4) is 0 Å². The van der Waals surface area contributed by atoms with E-state index in [2.05, 4.69) is 10.5 Å². The number of hydrogen-bond acceptors (Lipinski definition) is 6. The van der Waals surface area contributed by atoms with Crippen molar-refractivity contribution in [1.29, 1.82) is 0 Å². The molecule has 3 aromatic carbocycles. The molecular formula is C25H22Cl2N2O5. The summed E-state index contributed by atoms with van der Waals surface area (Å²) >= 11 is 12.0. The van der Waals surface area contributed by atoms with Crippen molar-refractivity contribution in [3.8, 4) is 17.2 Å². The van der Waals surface area contributed by atoms with Crippen LogP contribution in [0.15, 0.2) is 65.8 Å². The van der Waals surface area contributed by atoms with Gasteiger partial charge in [0, 0.05) is 5.02 Å². The van der Waals surface area contributed by atoms with E-state index >= 15 is 0 Å². The number of aryl methyl sites for hydroxylation is 1. The normalized spacial score (nSPS) is 10.7. The Hall–Kier alpha value is -3.55. The number of hydrogen-bond donors (Lipinski definition) is 1. The Morgan fingerprint density at radius 3 is 2.50 bits per heavy atom. The van der Waals surface area contributed by atoms with Crippen LogP contribution in [-0.4, -0.2) is 31.3 Å². The van der Waals surface area contributed by atoms with Crippen LogP contribution in [0.4, 0.5) is 0 Å². The summed E-state index contributed by atoms with van der Waals surface area (Å²) in [5, 5.41) is 4.53. The number of halogens is 2. The Morgan fingerprint density at radius 2 is 1.76 bits per heavy atom. The van der Waals surface area contributed by atoms with Crippen molar-refractivity contribution in [3.05, 3.63) is 87.4 Å². The quantitative estimate of drug-likeness (QED) is 0.182. The van der Waals surface area contributed by atoms with Crippen LogP contribution in [0.1, 0.15) is 28.4 Å². The Morgan fingerprint density at radius 1 is 0.971 bits per heavy atom. The zero-order chi connectivity index (χ0) is 24.5. The van der Waals surface area contributed by atoms with Crippen LogP contribution < -0.4 is 19.6 Å². The van der Waals surface area contributed by atoms with Crippen LogP contribution in [-0.2, 0) is 4.79 Å². The summed E-state index contributed by atoms with van der Waals surface area (Å²) in [5.74, 6) is 0.123. The predicted molar refractivity (Wildman–Crippen MR) is 131 cm³/mol. The lowest BCUT2D eigenvalue weighted by Crippen LogP contribution is -2.24. The number of carbonyl (C=O) groups excluding carboxylic acids is 2. The van der Waals surface area contributed by atoms with Crippen LogP contribution >= 0.6 is 23.2 Å². The van der Waals surface area contributed by atoms with Gasteiger partial charge in [0.05, 0.1) is 23.4 Å². The van der Waals surface area contributed by atoms with E-state index in [0.29, 0.717) is 28.7 Å². The molecule has 0 fully saturated rings. The second-order valence-electron chi connectivity index (χ2n) is 7.00.